The van der Waals surface area contributed by atoms with Crippen LogP contribution in [0.1, 0.15) is 16.7 Å². The number of aryl methyl sites for hydroxylation is 1. The fraction of sp³-hybridized carbons (Fsp3) is 0.0192. The Morgan fingerprint density at radius 1 is 0.439 bits per heavy atom. The van der Waals surface area contributed by atoms with Crippen LogP contribution in [0.5, 0.6) is 0 Å². The summed E-state index contributed by atoms with van der Waals surface area (Å²) < 4.78 is 4.77. The van der Waals surface area contributed by atoms with Crippen LogP contribution in [-0.4, -0.2) is 9.13 Å². The Hall–Kier alpha value is -8.17. The highest BCUT2D eigenvalue weighted by molar-refractivity contribution is 6.13. The van der Waals surface area contributed by atoms with Gasteiger partial charge in [0.2, 0.25) is 0 Å². The van der Waals surface area contributed by atoms with Crippen molar-refractivity contribution >= 4 is 49.3 Å². The summed E-state index contributed by atoms with van der Waals surface area (Å²) in [7, 11) is 0. The lowest BCUT2D eigenvalue weighted by molar-refractivity contribution is 1.09. The van der Waals surface area contributed by atoms with Gasteiger partial charge in [-0.2, -0.15) is 10.5 Å². The number of aromatic nitrogens is 2. The van der Waals surface area contributed by atoms with Gasteiger partial charge in [-0.25, -0.2) is 4.85 Å². The average Bonchev–Trinajstić information content (AvgIpc) is 3.78. The van der Waals surface area contributed by atoms with Gasteiger partial charge in [0.25, 0.3) is 0 Å². The summed E-state index contributed by atoms with van der Waals surface area (Å²) in [6.07, 6.45) is 0. The summed E-state index contributed by atoms with van der Waals surface area (Å²) in [4.78, 5) is 3.76. The zero-order valence-corrected chi connectivity index (χ0v) is 30.9. The van der Waals surface area contributed by atoms with Gasteiger partial charge in [0.1, 0.15) is 0 Å². The minimum absolute atomic E-state index is 0.602. The van der Waals surface area contributed by atoms with Crippen molar-refractivity contribution in [2.45, 2.75) is 6.92 Å². The van der Waals surface area contributed by atoms with E-state index in [1.165, 1.54) is 0 Å². The van der Waals surface area contributed by atoms with Gasteiger partial charge in [-0.05, 0) is 125 Å². The normalized spacial score (nSPS) is 11.2. The first-order valence-electron chi connectivity index (χ1n) is 18.7. The maximum atomic E-state index is 9.41. The third-order valence-electron chi connectivity index (χ3n) is 11.1. The Bertz CT molecular complexity index is 3380. The highest BCUT2D eigenvalue weighted by Crippen LogP contribution is 2.42. The zero-order valence-electron chi connectivity index (χ0n) is 30.9. The summed E-state index contributed by atoms with van der Waals surface area (Å²) in [6, 6.07) is 62.8. The van der Waals surface area contributed by atoms with Crippen LogP contribution in [0.3, 0.4) is 0 Å². The van der Waals surface area contributed by atoms with E-state index in [-0.39, 0.29) is 0 Å². The first kappa shape index (κ1) is 33.4. The monoisotopic (exact) mass is 725 g/mol. The van der Waals surface area contributed by atoms with Crippen LogP contribution in [0.15, 0.2) is 170 Å². The van der Waals surface area contributed by atoms with Gasteiger partial charge in [-0.1, -0.05) is 91.0 Å². The van der Waals surface area contributed by atoms with Crippen LogP contribution in [0.4, 0.5) is 5.69 Å². The molecule has 0 aliphatic rings. The summed E-state index contributed by atoms with van der Waals surface area (Å²) in [5.41, 5.74) is 15.7. The van der Waals surface area contributed by atoms with E-state index in [0.717, 1.165) is 93.9 Å². The maximum Gasteiger partial charge on any atom is 0.187 e. The van der Waals surface area contributed by atoms with Gasteiger partial charge in [0.15, 0.2) is 5.69 Å². The van der Waals surface area contributed by atoms with E-state index >= 15 is 0 Å². The van der Waals surface area contributed by atoms with Crippen molar-refractivity contribution in [2.75, 3.05) is 0 Å². The molecule has 0 aliphatic heterocycles. The fourth-order valence-electron chi connectivity index (χ4n) is 8.39. The highest BCUT2D eigenvalue weighted by Gasteiger charge is 2.22. The first-order chi connectivity index (χ1) is 28.0. The van der Waals surface area contributed by atoms with Crippen molar-refractivity contribution < 1.29 is 0 Å². The number of hydrogen-bond acceptors (Lipinski definition) is 2. The summed E-state index contributed by atoms with van der Waals surface area (Å²) in [6.45, 7) is 9.91. The second kappa shape index (κ2) is 13.3. The van der Waals surface area contributed by atoms with Gasteiger partial charge >= 0.3 is 0 Å². The molecule has 0 N–H and O–H groups in total. The van der Waals surface area contributed by atoms with Gasteiger partial charge < -0.3 is 9.13 Å². The van der Waals surface area contributed by atoms with Gasteiger partial charge in [-0.15, -0.1) is 0 Å². The third-order valence-corrected chi connectivity index (χ3v) is 11.1. The SMILES string of the molecule is [C-]#[N+]c1cccc(-c2cc(-n3c4ccccc4c4cc(-c5ccc(C#N)cc5)ccc43)c(-n3c4ccccc4c4cc(-c5ccc(C#N)cc5)ccc43)cc2C)c1. The van der Waals surface area contributed by atoms with E-state index in [1.807, 2.05) is 66.7 Å². The molecule has 0 fully saturated rings. The van der Waals surface area contributed by atoms with Crippen LogP contribution < -0.4 is 0 Å². The molecule has 0 saturated carbocycles. The molecule has 10 rings (SSSR count). The molecule has 2 heterocycles. The van der Waals surface area contributed by atoms with Crippen molar-refractivity contribution in [3.63, 3.8) is 0 Å². The van der Waals surface area contributed by atoms with E-state index in [1.54, 1.807) is 0 Å². The molecule has 0 amide bonds. The third kappa shape index (κ3) is 5.45. The minimum atomic E-state index is 0.602. The second-order valence-electron chi connectivity index (χ2n) is 14.4. The Labute approximate surface area is 329 Å². The molecule has 264 valence electrons. The van der Waals surface area contributed by atoms with Crippen LogP contribution >= 0.6 is 0 Å². The standard InChI is InChI=1S/C52H31N5/c1-33-26-51(56-47-12-5-3-10-42(47)45-28-38(22-24-49(45)56)36-18-14-34(31-53)15-19-36)52(30-44(33)40-8-7-9-41(27-40)55-2)57-48-13-6-4-11-43(48)46-29-39(23-25-50(46)57)37-20-16-35(32-54)17-21-37/h3-30H,1H3. The number of hydrogen-bond donors (Lipinski definition) is 0. The van der Waals surface area contributed by atoms with Crippen molar-refractivity contribution in [2.24, 2.45) is 0 Å². The van der Waals surface area contributed by atoms with Gasteiger partial charge in [0.05, 0.1) is 63.3 Å². The van der Waals surface area contributed by atoms with Crippen LogP contribution in [-0.2, 0) is 0 Å². The van der Waals surface area contributed by atoms with Crippen molar-refractivity contribution in [3.8, 4) is 56.9 Å². The first-order valence-corrected chi connectivity index (χ1v) is 18.7. The Kier molecular flexibility index (Phi) is 7.79. The lowest BCUT2D eigenvalue weighted by Gasteiger charge is -2.20. The van der Waals surface area contributed by atoms with Gasteiger partial charge in [0, 0.05) is 21.5 Å². The largest absolute Gasteiger partial charge is 0.307 e. The van der Waals surface area contributed by atoms with E-state index in [2.05, 4.69) is 136 Å². The predicted octanol–water partition coefficient (Wildman–Crippen LogP) is 13.5. The quantitative estimate of drug-likeness (QED) is 0.166. The minimum Gasteiger partial charge on any atom is -0.307 e. The molecular weight excluding hydrogens is 695 g/mol. The molecule has 2 aromatic heterocycles. The Morgan fingerprint density at radius 3 is 1.42 bits per heavy atom. The van der Waals surface area contributed by atoms with E-state index in [9.17, 15) is 10.5 Å². The molecule has 0 aliphatic carbocycles. The molecule has 5 nitrogen and oxygen atoms in total. The highest BCUT2D eigenvalue weighted by atomic mass is 15.1. The predicted molar refractivity (Wildman–Crippen MR) is 232 cm³/mol. The molecule has 0 radical (unpaired) electrons. The van der Waals surface area contributed by atoms with E-state index in [0.29, 0.717) is 16.8 Å². The molecular formula is C52H31N5. The number of benzene rings is 8. The molecule has 0 atom stereocenters. The number of rotatable bonds is 5. The maximum absolute atomic E-state index is 9.41. The molecule has 8 aromatic carbocycles. The Morgan fingerprint density at radius 2 is 0.912 bits per heavy atom. The van der Waals surface area contributed by atoms with E-state index < -0.39 is 0 Å². The molecule has 57 heavy (non-hydrogen) atoms. The lowest BCUT2D eigenvalue weighted by Crippen LogP contribution is -2.05. The summed E-state index contributed by atoms with van der Waals surface area (Å²) in [5.74, 6) is 0. The number of nitriles is 2. The van der Waals surface area contributed by atoms with Crippen LogP contribution in [0.25, 0.3) is 93.2 Å². The zero-order chi connectivity index (χ0) is 38.6. The van der Waals surface area contributed by atoms with Crippen LogP contribution in [0.2, 0.25) is 0 Å². The number of para-hydroxylation sites is 2. The van der Waals surface area contributed by atoms with Crippen molar-refractivity contribution in [1.29, 1.82) is 10.5 Å². The second-order valence-corrected chi connectivity index (χ2v) is 14.4. The van der Waals surface area contributed by atoms with Crippen molar-refractivity contribution in [3.05, 3.63) is 198 Å². The van der Waals surface area contributed by atoms with Crippen molar-refractivity contribution in [1.82, 2.24) is 9.13 Å². The fourth-order valence-corrected chi connectivity index (χ4v) is 8.39. The lowest BCUT2D eigenvalue weighted by atomic mass is 9.98. The molecule has 0 saturated heterocycles. The number of nitrogens with zero attached hydrogens (tertiary/aromatic N) is 5. The molecule has 0 unspecified atom stereocenters. The summed E-state index contributed by atoms with van der Waals surface area (Å²) in [5, 5.41) is 23.4. The molecule has 0 bridgehead atoms. The van der Waals surface area contributed by atoms with Crippen LogP contribution in [0, 0.1) is 36.2 Å². The number of fused-ring (bicyclic) bond motifs is 6. The average molecular weight is 726 g/mol. The topological polar surface area (TPSA) is 61.8 Å². The summed E-state index contributed by atoms with van der Waals surface area (Å²) >= 11 is 0. The molecule has 0 spiro atoms. The van der Waals surface area contributed by atoms with Gasteiger partial charge in [-0.3, -0.25) is 0 Å². The van der Waals surface area contributed by atoms with E-state index in [4.69, 9.17) is 6.57 Å². The molecule has 5 heteroatoms. The Balaban J connectivity index is 1.28. The smallest absolute Gasteiger partial charge is 0.187 e. The molecule has 10 aromatic rings.